The molecule has 0 aromatic heterocycles. The molecule has 0 saturated carbocycles. The maximum atomic E-state index is 11.6. The van der Waals surface area contributed by atoms with Crippen molar-refractivity contribution in [2.75, 3.05) is 13.7 Å². The normalized spacial score (nSPS) is 20.3. The number of ether oxygens (including phenoxy) is 1. The Balaban J connectivity index is 1.97. The number of esters is 1. The minimum Gasteiger partial charge on any atom is -0.466 e. The fraction of sp³-hybridized carbons (Fsp3) is 0.350. The number of benzene rings is 1. The minimum atomic E-state index is -0.315. The van der Waals surface area contributed by atoms with Crippen LogP contribution in [0.5, 0.6) is 0 Å². The van der Waals surface area contributed by atoms with Crippen LogP contribution in [0.4, 0.5) is 0 Å². The summed E-state index contributed by atoms with van der Waals surface area (Å²) in [6.45, 7) is 3.01. The molecular weight excluding hydrogens is 286 g/mol. The highest BCUT2D eigenvalue weighted by atomic mass is 16.5. The van der Waals surface area contributed by atoms with Crippen molar-refractivity contribution in [1.82, 2.24) is 5.32 Å². The molecule has 0 bridgehead atoms. The van der Waals surface area contributed by atoms with Crippen molar-refractivity contribution in [3.8, 4) is 0 Å². The molecule has 0 fully saturated rings. The Hall–Kier alpha value is -2.29. The Morgan fingerprint density at radius 3 is 2.74 bits per heavy atom. The first-order valence-electron chi connectivity index (χ1n) is 8.02. The molecule has 1 N–H and O–H groups in total. The third kappa shape index (κ3) is 5.78. The summed E-state index contributed by atoms with van der Waals surface area (Å²) in [4.78, 5) is 11.6. The molecule has 3 nitrogen and oxygen atoms in total. The molecule has 1 unspecified atom stereocenters. The highest BCUT2D eigenvalue weighted by molar-refractivity contribution is 5.82. The van der Waals surface area contributed by atoms with Gasteiger partial charge in [-0.05, 0) is 24.8 Å². The SMILES string of the molecule is COC(=O)C=C(CCc1ccccc1)NCC1(C)C=CC=CC1. The first-order valence-corrected chi connectivity index (χ1v) is 8.02. The van der Waals surface area contributed by atoms with Crippen molar-refractivity contribution in [2.24, 2.45) is 5.41 Å². The lowest BCUT2D eigenvalue weighted by atomic mass is 9.83. The van der Waals surface area contributed by atoms with Crippen molar-refractivity contribution in [3.63, 3.8) is 0 Å². The van der Waals surface area contributed by atoms with E-state index in [0.717, 1.165) is 31.5 Å². The summed E-state index contributed by atoms with van der Waals surface area (Å²) in [6, 6.07) is 10.3. The van der Waals surface area contributed by atoms with Crippen molar-refractivity contribution in [2.45, 2.75) is 26.2 Å². The minimum absolute atomic E-state index is 0.0801. The van der Waals surface area contributed by atoms with E-state index in [4.69, 9.17) is 4.74 Å². The number of allylic oxidation sites excluding steroid dienone is 4. The molecule has 1 aliphatic carbocycles. The van der Waals surface area contributed by atoms with Crippen LogP contribution in [0.2, 0.25) is 0 Å². The summed E-state index contributed by atoms with van der Waals surface area (Å²) in [6.07, 6.45) is 12.8. The average molecular weight is 311 g/mol. The van der Waals surface area contributed by atoms with Gasteiger partial charge in [0.15, 0.2) is 0 Å². The van der Waals surface area contributed by atoms with Crippen LogP contribution < -0.4 is 5.32 Å². The quantitative estimate of drug-likeness (QED) is 0.615. The van der Waals surface area contributed by atoms with E-state index in [1.54, 1.807) is 6.08 Å². The first kappa shape index (κ1) is 17.1. The van der Waals surface area contributed by atoms with Gasteiger partial charge in [-0.3, -0.25) is 0 Å². The maximum absolute atomic E-state index is 11.6. The summed E-state index contributed by atoms with van der Waals surface area (Å²) in [5.74, 6) is -0.315. The molecule has 0 amide bonds. The number of carbonyl (C=O) groups is 1. The number of rotatable bonds is 7. The Labute approximate surface area is 138 Å². The highest BCUT2D eigenvalue weighted by Crippen LogP contribution is 2.26. The van der Waals surface area contributed by atoms with Crippen LogP contribution in [0.3, 0.4) is 0 Å². The van der Waals surface area contributed by atoms with Crippen molar-refractivity contribution in [1.29, 1.82) is 0 Å². The second kappa shape index (κ2) is 8.37. The lowest BCUT2D eigenvalue weighted by molar-refractivity contribution is -0.134. The fourth-order valence-electron chi connectivity index (χ4n) is 2.55. The smallest absolute Gasteiger partial charge is 0.332 e. The number of aryl methyl sites for hydroxylation is 1. The predicted octanol–water partition coefficient (Wildman–Crippen LogP) is 3.79. The van der Waals surface area contributed by atoms with E-state index in [1.165, 1.54) is 12.7 Å². The molecule has 1 aromatic rings. The van der Waals surface area contributed by atoms with Crippen molar-refractivity contribution in [3.05, 3.63) is 72.0 Å². The van der Waals surface area contributed by atoms with Crippen LogP contribution >= 0.6 is 0 Å². The van der Waals surface area contributed by atoms with Crippen LogP contribution in [0.15, 0.2) is 66.4 Å². The van der Waals surface area contributed by atoms with Gasteiger partial charge in [-0.2, -0.15) is 0 Å². The van der Waals surface area contributed by atoms with Gasteiger partial charge in [-0.25, -0.2) is 4.79 Å². The van der Waals surface area contributed by atoms with E-state index in [-0.39, 0.29) is 11.4 Å². The van der Waals surface area contributed by atoms with E-state index in [1.807, 2.05) is 18.2 Å². The molecular formula is C20H25NO2. The second-order valence-corrected chi connectivity index (χ2v) is 6.18. The molecule has 1 aromatic carbocycles. The summed E-state index contributed by atoms with van der Waals surface area (Å²) in [5, 5.41) is 3.44. The van der Waals surface area contributed by atoms with Gasteiger partial charge in [0.25, 0.3) is 0 Å². The second-order valence-electron chi connectivity index (χ2n) is 6.18. The van der Waals surface area contributed by atoms with Crippen LogP contribution in [0.25, 0.3) is 0 Å². The molecule has 0 heterocycles. The molecule has 0 aliphatic heterocycles. The van der Waals surface area contributed by atoms with E-state index < -0.39 is 0 Å². The fourth-order valence-corrected chi connectivity index (χ4v) is 2.55. The number of nitrogens with one attached hydrogen (secondary N) is 1. The average Bonchev–Trinajstić information content (AvgIpc) is 2.58. The molecule has 1 atom stereocenters. The van der Waals surface area contributed by atoms with Gasteiger partial charge in [0.1, 0.15) is 0 Å². The Morgan fingerprint density at radius 2 is 2.09 bits per heavy atom. The zero-order chi connectivity index (χ0) is 16.5. The van der Waals surface area contributed by atoms with E-state index in [2.05, 4.69) is 48.7 Å². The van der Waals surface area contributed by atoms with Crippen LogP contribution in [-0.4, -0.2) is 19.6 Å². The van der Waals surface area contributed by atoms with Crippen molar-refractivity contribution >= 4 is 5.97 Å². The Bertz CT molecular complexity index is 601. The summed E-state index contributed by atoms with van der Waals surface area (Å²) in [5.41, 5.74) is 2.26. The number of carbonyl (C=O) groups excluding carboxylic acids is 1. The molecule has 23 heavy (non-hydrogen) atoms. The predicted molar refractivity (Wildman–Crippen MR) is 93.9 cm³/mol. The lowest BCUT2D eigenvalue weighted by Crippen LogP contribution is -2.30. The standard InChI is InChI=1S/C20H25NO2/c1-20(13-7-4-8-14-20)16-21-18(15-19(22)23-2)12-11-17-9-5-3-6-10-17/h3-10,13,15,21H,11-12,14,16H2,1-2H3. The number of hydrogen-bond acceptors (Lipinski definition) is 3. The van der Waals surface area contributed by atoms with Crippen LogP contribution in [-0.2, 0) is 16.0 Å². The molecule has 3 heteroatoms. The number of methoxy groups -OCH3 is 1. The van der Waals surface area contributed by atoms with E-state index >= 15 is 0 Å². The van der Waals surface area contributed by atoms with Crippen molar-refractivity contribution < 1.29 is 9.53 Å². The molecule has 0 saturated heterocycles. The molecule has 0 radical (unpaired) electrons. The van der Waals surface area contributed by atoms with Gasteiger partial charge >= 0.3 is 5.97 Å². The van der Waals surface area contributed by atoms with Crippen LogP contribution in [0, 0.1) is 5.41 Å². The Kier molecular flexibility index (Phi) is 6.21. The van der Waals surface area contributed by atoms with E-state index in [0.29, 0.717) is 0 Å². The lowest BCUT2D eigenvalue weighted by Gasteiger charge is -2.28. The van der Waals surface area contributed by atoms with Gasteiger partial charge < -0.3 is 10.1 Å². The maximum Gasteiger partial charge on any atom is 0.332 e. The van der Waals surface area contributed by atoms with Gasteiger partial charge in [-0.1, -0.05) is 61.6 Å². The van der Waals surface area contributed by atoms with Gasteiger partial charge in [0.05, 0.1) is 7.11 Å². The number of hydrogen-bond donors (Lipinski definition) is 1. The molecule has 122 valence electrons. The monoisotopic (exact) mass is 311 g/mol. The van der Waals surface area contributed by atoms with Gasteiger partial charge in [-0.15, -0.1) is 0 Å². The summed E-state index contributed by atoms with van der Waals surface area (Å²) < 4.78 is 4.77. The largest absolute Gasteiger partial charge is 0.466 e. The van der Waals surface area contributed by atoms with Gasteiger partial charge in [0, 0.05) is 23.7 Å². The zero-order valence-corrected chi connectivity index (χ0v) is 13.9. The topological polar surface area (TPSA) is 38.3 Å². The molecule has 2 rings (SSSR count). The summed E-state index contributed by atoms with van der Waals surface area (Å²) in [7, 11) is 1.41. The van der Waals surface area contributed by atoms with Crippen LogP contribution in [0.1, 0.15) is 25.3 Å². The highest BCUT2D eigenvalue weighted by Gasteiger charge is 2.21. The Morgan fingerprint density at radius 1 is 1.30 bits per heavy atom. The molecule has 0 spiro atoms. The third-order valence-corrected chi connectivity index (χ3v) is 4.07. The first-order chi connectivity index (χ1) is 11.1. The van der Waals surface area contributed by atoms with Gasteiger partial charge in [0.2, 0.25) is 0 Å². The van der Waals surface area contributed by atoms with E-state index in [9.17, 15) is 4.79 Å². The third-order valence-electron chi connectivity index (χ3n) is 4.07. The molecule has 1 aliphatic rings. The summed E-state index contributed by atoms with van der Waals surface area (Å²) >= 11 is 0. The zero-order valence-electron chi connectivity index (χ0n) is 13.9.